The molecular weight excluding hydrogens is 373 g/mol. The third kappa shape index (κ3) is 5.94. The summed E-state index contributed by atoms with van der Waals surface area (Å²) in [6, 6.07) is 8.22. The quantitative estimate of drug-likeness (QED) is 0.557. The molecule has 0 N–H and O–H groups in total. The van der Waals surface area contributed by atoms with E-state index in [0.29, 0.717) is 17.7 Å². The number of hydrogen-bond acceptors (Lipinski definition) is 5. The molecule has 148 valence electrons. The molecule has 0 spiro atoms. The second-order valence-corrected chi connectivity index (χ2v) is 6.34. The topological polar surface area (TPSA) is 57.7 Å². The van der Waals surface area contributed by atoms with Crippen molar-refractivity contribution in [2.75, 3.05) is 0 Å². The Kier molecular flexibility index (Phi) is 6.64. The molecule has 1 aliphatic heterocycles. The van der Waals surface area contributed by atoms with Crippen molar-refractivity contribution < 1.29 is 23.4 Å². The fourth-order valence-electron chi connectivity index (χ4n) is 2.58. The van der Waals surface area contributed by atoms with Crippen LogP contribution in [0.3, 0.4) is 0 Å². The zero-order valence-corrected chi connectivity index (χ0v) is 16.1. The van der Waals surface area contributed by atoms with E-state index in [9.17, 15) is 9.18 Å². The highest BCUT2D eigenvalue weighted by molar-refractivity contribution is 5.66. The number of pyridine rings is 1. The van der Waals surface area contributed by atoms with E-state index in [2.05, 4.69) is 16.8 Å². The first-order chi connectivity index (χ1) is 14.0. The molecule has 0 radical (unpaired) electrons. The number of ether oxygens (including phenoxy) is 3. The van der Waals surface area contributed by atoms with Gasteiger partial charge in [-0.25, -0.2) is 4.39 Å². The van der Waals surface area contributed by atoms with Crippen molar-refractivity contribution in [3.63, 3.8) is 0 Å². The minimum atomic E-state index is -0.653. The van der Waals surface area contributed by atoms with E-state index >= 15 is 0 Å². The molecule has 0 fully saturated rings. The SMILES string of the molecule is CC(=O)OC(C)CC#Cc1ccc(-c2ccc(OC3C=CC=CO3)c(F)c2)nc1. The Balaban J connectivity index is 1.64. The Morgan fingerprint density at radius 2 is 2.17 bits per heavy atom. The van der Waals surface area contributed by atoms with Crippen LogP contribution in [0.4, 0.5) is 4.39 Å². The summed E-state index contributed by atoms with van der Waals surface area (Å²) in [4.78, 5) is 15.2. The van der Waals surface area contributed by atoms with Crippen LogP contribution in [0.25, 0.3) is 11.3 Å². The monoisotopic (exact) mass is 393 g/mol. The van der Waals surface area contributed by atoms with Gasteiger partial charge in [-0.05, 0) is 49.4 Å². The molecular formula is C23H20FNO4. The third-order valence-corrected chi connectivity index (χ3v) is 3.89. The fourth-order valence-corrected chi connectivity index (χ4v) is 2.58. The molecule has 0 saturated carbocycles. The molecule has 2 atom stereocenters. The van der Waals surface area contributed by atoms with Crippen molar-refractivity contribution in [3.05, 3.63) is 72.4 Å². The van der Waals surface area contributed by atoms with Crippen LogP contribution in [-0.2, 0) is 14.3 Å². The van der Waals surface area contributed by atoms with Gasteiger partial charge in [-0.3, -0.25) is 9.78 Å². The first-order valence-electron chi connectivity index (χ1n) is 9.09. The van der Waals surface area contributed by atoms with Crippen LogP contribution in [0.5, 0.6) is 5.75 Å². The lowest BCUT2D eigenvalue weighted by atomic mass is 10.1. The van der Waals surface area contributed by atoms with Crippen LogP contribution in [-0.4, -0.2) is 23.3 Å². The average molecular weight is 393 g/mol. The maximum absolute atomic E-state index is 14.4. The van der Waals surface area contributed by atoms with Crippen molar-refractivity contribution in [1.82, 2.24) is 4.98 Å². The maximum Gasteiger partial charge on any atom is 0.302 e. The van der Waals surface area contributed by atoms with Crippen molar-refractivity contribution >= 4 is 5.97 Å². The third-order valence-electron chi connectivity index (χ3n) is 3.89. The lowest BCUT2D eigenvalue weighted by Gasteiger charge is -2.17. The number of nitrogens with zero attached hydrogens (tertiary/aromatic N) is 1. The first kappa shape index (κ1) is 20.2. The Morgan fingerprint density at radius 1 is 1.31 bits per heavy atom. The summed E-state index contributed by atoms with van der Waals surface area (Å²) in [6.45, 7) is 3.15. The Labute approximate surface area is 168 Å². The summed E-state index contributed by atoms with van der Waals surface area (Å²) in [5.41, 5.74) is 1.96. The highest BCUT2D eigenvalue weighted by atomic mass is 19.1. The molecule has 2 heterocycles. The molecule has 0 bridgehead atoms. The Hall–Kier alpha value is -3.59. The molecule has 1 aliphatic rings. The number of esters is 1. The molecule has 29 heavy (non-hydrogen) atoms. The highest BCUT2D eigenvalue weighted by Crippen LogP contribution is 2.26. The molecule has 0 amide bonds. The normalized spacial score (nSPS) is 15.6. The van der Waals surface area contributed by atoms with Gasteiger partial charge in [0.15, 0.2) is 11.6 Å². The van der Waals surface area contributed by atoms with Gasteiger partial charge in [-0.1, -0.05) is 17.9 Å². The molecule has 1 aromatic heterocycles. The van der Waals surface area contributed by atoms with Crippen LogP contribution >= 0.6 is 0 Å². The molecule has 0 aliphatic carbocycles. The number of hydrogen-bond donors (Lipinski definition) is 0. The summed E-state index contributed by atoms with van der Waals surface area (Å²) in [5, 5.41) is 0. The minimum Gasteiger partial charge on any atom is -0.462 e. The molecule has 1 aromatic carbocycles. The van der Waals surface area contributed by atoms with Gasteiger partial charge < -0.3 is 14.2 Å². The number of carbonyl (C=O) groups excluding carboxylic acids is 1. The van der Waals surface area contributed by atoms with Gasteiger partial charge in [0, 0.05) is 30.7 Å². The predicted octanol–water partition coefficient (Wildman–Crippen LogP) is 4.39. The van der Waals surface area contributed by atoms with Crippen molar-refractivity contribution in [2.24, 2.45) is 0 Å². The number of halogens is 1. The Morgan fingerprint density at radius 3 is 2.83 bits per heavy atom. The zero-order chi connectivity index (χ0) is 20.6. The second-order valence-electron chi connectivity index (χ2n) is 6.34. The summed E-state index contributed by atoms with van der Waals surface area (Å²) >= 11 is 0. The van der Waals surface area contributed by atoms with Crippen LogP contribution in [0, 0.1) is 17.7 Å². The number of benzene rings is 1. The van der Waals surface area contributed by atoms with E-state index in [-0.39, 0.29) is 17.8 Å². The van der Waals surface area contributed by atoms with Crippen LogP contribution in [0.2, 0.25) is 0 Å². The van der Waals surface area contributed by atoms with Crippen molar-refractivity contribution in [2.45, 2.75) is 32.7 Å². The number of carbonyl (C=O) groups is 1. The zero-order valence-electron chi connectivity index (χ0n) is 16.1. The van der Waals surface area contributed by atoms with Gasteiger partial charge in [0.25, 0.3) is 6.29 Å². The molecule has 2 unspecified atom stereocenters. The fraction of sp³-hybridized carbons (Fsp3) is 0.217. The summed E-state index contributed by atoms with van der Waals surface area (Å²) in [7, 11) is 0. The van der Waals surface area contributed by atoms with Gasteiger partial charge in [-0.15, -0.1) is 0 Å². The first-order valence-corrected chi connectivity index (χ1v) is 9.09. The lowest BCUT2D eigenvalue weighted by Crippen LogP contribution is -2.17. The van der Waals surface area contributed by atoms with Gasteiger partial charge in [0.2, 0.25) is 0 Å². The summed E-state index contributed by atoms with van der Waals surface area (Å²) < 4.78 is 30.1. The molecule has 5 nitrogen and oxygen atoms in total. The van der Waals surface area contributed by atoms with Crippen LogP contribution in [0.1, 0.15) is 25.8 Å². The van der Waals surface area contributed by atoms with E-state index in [4.69, 9.17) is 14.2 Å². The van der Waals surface area contributed by atoms with Gasteiger partial charge in [0.1, 0.15) is 6.10 Å². The van der Waals surface area contributed by atoms with Gasteiger partial charge >= 0.3 is 5.97 Å². The van der Waals surface area contributed by atoms with E-state index in [1.807, 2.05) is 0 Å². The van der Waals surface area contributed by atoms with E-state index < -0.39 is 12.1 Å². The minimum absolute atomic E-state index is 0.100. The van der Waals surface area contributed by atoms with Crippen molar-refractivity contribution in [1.29, 1.82) is 0 Å². The lowest BCUT2D eigenvalue weighted by molar-refractivity contribution is -0.145. The van der Waals surface area contributed by atoms with Crippen LogP contribution in [0.15, 0.2) is 61.0 Å². The predicted molar refractivity (Wildman–Crippen MR) is 106 cm³/mol. The number of aromatic nitrogens is 1. The standard InChI is InChI=1S/C23H20FNO4/c1-16(28-17(2)26)6-5-7-18-9-11-21(25-15-18)19-10-12-22(20(24)14-19)29-23-8-3-4-13-27-23/h3-4,8-16,23H,6H2,1-2H3. The van der Waals surface area contributed by atoms with Crippen molar-refractivity contribution in [3.8, 4) is 28.8 Å². The number of rotatable bonds is 5. The van der Waals surface area contributed by atoms with Gasteiger partial charge in [-0.2, -0.15) is 0 Å². The summed E-state index contributed by atoms with van der Waals surface area (Å²) in [6.07, 6.45) is 7.80. The molecule has 0 saturated heterocycles. The van der Waals surface area contributed by atoms with E-state index in [0.717, 1.165) is 5.56 Å². The van der Waals surface area contributed by atoms with E-state index in [1.54, 1.807) is 55.6 Å². The highest BCUT2D eigenvalue weighted by Gasteiger charge is 2.13. The number of allylic oxidation sites excluding steroid dienone is 2. The van der Waals surface area contributed by atoms with Gasteiger partial charge in [0.05, 0.1) is 12.0 Å². The van der Waals surface area contributed by atoms with Crippen LogP contribution < -0.4 is 4.74 Å². The molecule has 2 aromatic rings. The second kappa shape index (κ2) is 9.56. The Bertz CT molecular complexity index is 986. The largest absolute Gasteiger partial charge is 0.462 e. The smallest absolute Gasteiger partial charge is 0.302 e. The molecule has 3 rings (SSSR count). The average Bonchev–Trinajstić information content (AvgIpc) is 2.70. The maximum atomic E-state index is 14.4. The van der Waals surface area contributed by atoms with E-state index in [1.165, 1.54) is 19.3 Å². The summed E-state index contributed by atoms with van der Waals surface area (Å²) in [5.74, 6) is 5.20. The molecule has 6 heteroatoms.